The maximum Gasteiger partial charge on any atom is 0.261 e. The summed E-state index contributed by atoms with van der Waals surface area (Å²) in [6.45, 7) is 1.83. The van der Waals surface area contributed by atoms with Gasteiger partial charge in [-0.15, -0.1) is 0 Å². The van der Waals surface area contributed by atoms with E-state index in [4.69, 9.17) is 0 Å². The highest BCUT2D eigenvalue weighted by Crippen LogP contribution is 2.17. The molecule has 1 aromatic heterocycles. The van der Waals surface area contributed by atoms with Gasteiger partial charge in [-0.05, 0) is 42.8 Å². The molecule has 128 valence electrons. The number of carbonyl (C=O) groups is 1. The molecule has 5 nitrogen and oxygen atoms in total. The Morgan fingerprint density at radius 3 is 2.56 bits per heavy atom. The largest absolute Gasteiger partial charge is 0.348 e. The van der Waals surface area contributed by atoms with E-state index in [2.05, 4.69) is 42.2 Å². The summed E-state index contributed by atoms with van der Waals surface area (Å²) in [5.74, 6) is -0.242. The zero-order valence-electron chi connectivity index (χ0n) is 13.4. The molecular formula is C18H15Br2N3O2. The maximum absolute atomic E-state index is 12.5. The number of halogens is 2. The van der Waals surface area contributed by atoms with Gasteiger partial charge < -0.3 is 5.32 Å². The minimum atomic E-state index is -0.242. The molecule has 2 aromatic carbocycles. The van der Waals surface area contributed by atoms with Gasteiger partial charge in [-0.2, -0.15) is 0 Å². The van der Waals surface area contributed by atoms with Crippen LogP contribution in [0.15, 0.2) is 62.5 Å². The van der Waals surface area contributed by atoms with Crippen molar-refractivity contribution in [1.82, 2.24) is 14.9 Å². The number of hydrogen-bond donors (Lipinski definition) is 1. The smallest absolute Gasteiger partial charge is 0.261 e. The molecule has 0 saturated heterocycles. The fourth-order valence-corrected chi connectivity index (χ4v) is 3.15. The van der Waals surface area contributed by atoms with Crippen molar-refractivity contribution in [3.8, 4) is 0 Å². The van der Waals surface area contributed by atoms with Crippen LogP contribution in [0.4, 0.5) is 0 Å². The minimum Gasteiger partial charge on any atom is -0.348 e. The highest BCUT2D eigenvalue weighted by molar-refractivity contribution is 9.10. The van der Waals surface area contributed by atoms with Crippen LogP contribution in [0.3, 0.4) is 0 Å². The lowest BCUT2D eigenvalue weighted by Crippen LogP contribution is -2.34. The van der Waals surface area contributed by atoms with Gasteiger partial charge in [0, 0.05) is 8.95 Å². The van der Waals surface area contributed by atoms with Gasteiger partial charge in [-0.3, -0.25) is 14.2 Å². The average molecular weight is 465 g/mol. The summed E-state index contributed by atoms with van der Waals surface area (Å²) in [6.07, 6.45) is 1.41. The summed E-state index contributed by atoms with van der Waals surface area (Å²) in [7, 11) is 0. The van der Waals surface area contributed by atoms with E-state index < -0.39 is 0 Å². The second kappa shape index (κ2) is 7.49. The monoisotopic (exact) mass is 463 g/mol. The number of nitrogens with zero attached hydrogens (tertiary/aromatic N) is 2. The predicted octanol–water partition coefficient (Wildman–Crippen LogP) is 3.80. The molecule has 25 heavy (non-hydrogen) atoms. The third-order valence-corrected chi connectivity index (χ3v) is 4.87. The Kier molecular flexibility index (Phi) is 5.34. The molecule has 7 heteroatoms. The van der Waals surface area contributed by atoms with Gasteiger partial charge in [0.05, 0.1) is 23.3 Å². The molecule has 0 aliphatic heterocycles. The van der Waals surface area contributed by atoms with Crippen molar-refractivity contribution in [2.24, 2.45) is 0 Å². The number of rotatable bonds is 4. The van der Waals surface area contributed by atoms with Crippen LogP contribution in [0.1, 0.15) is 18.5 Å². The molecule has 0 saturated carbocycles. The average Bonchev–Trinajstić information content (AvgIpc) is 2.58. The van der Waals surface area contributed by atoms with Crippen molar-refractivity contribution in [1.29, 1.82) is 0 Å². The molecule has 0 radical (unpaired) electrons. The Morgan fingerprint density at radius 2 is 1.84 bits per heavy atom. The highest BCUT2D eigenvalue weighted by atomic mass is 79.9. The quantitative estimate of drug-likeness (QED) is 0.638. The van der Waals surface area contributed by atoms with Gasteiger partial charge in [-0.1, -0.05) is 44.0 Å². The second-order valence-electron chi connectivity index (χ2n) is 5.68. The molecule has 0 fully saturated rings. The zero-order chi connectivity index (χ0) is 18.0. The maximum atomic E-state index is 12.5. The zero-order valence-corrected chi connectivity index (χ0v) is 16.5. The number of carbonyl (C=O) groups excluding carboxylic acids is 1. The molecule has 1 unspecified atom stereocenters. The van der Waals surface area contributed by atoms with Gasteiger partial charge in [0.25, 0.3) is 5.56 Å². The summed E-state index contributed by atoms with van der Waals surface area (Å²) in [4.78, 5) is 29.1. The van der Waals surface area contributed by atoms with Gasteiger partial charge in [0.15, 0.2) is 0 Å². The number of nitrogens with one attached hydrogen (secondary N) is 1. The van der Waals surface area contributed by atoms with Gasteiger partial charge in [0.2, 0.25) is 5.91 Å². The highest BCUT2D eigenvalue weighted by Gasteiger charge is 2.12. The molecule has 0 aliphatic carbocycles. The Balaban J connectivity index is 1.76. The first kappa shape index (κ1) is 17.8. The summed E-state index contributed by atoms with van der Waals surface area (Å²) in [5.41, 5.74) is 1.36. The first-order chi connectivity index (χ1) is 11.9. The van der Waals surface area contributed by atoms with E-state index in [0.29, 0.717) is 10.9 Å². The lowest BCUT2D eigenvalue weighted by atomic mass is 10.1. The SMILES string of the molecule is CC(NC(=O)Cn1cnc2ccc(Br)cc2c1=O)c1ccc(Br)cc1. The fourth-order valence-electron chi connectivity index (χ4n) is 2.52. The summed E-state index contributed by atoms with van der Waals surface area (Å²) >= 11 is 6.73. The molecular weight excluding hydrogens is 450 g/mol. The number of amides is 1. The molecule has 1 amide bonds. The van der Waals surface area contributed by atoms with Crippen LogP contribution in [0.5, 0.6) is 0 Å². The summed E-state index contributed by atoms with van der Waals surface area (Å²) in [5, 5.41) is 3.38. The van der Waals surface area contributed by atoms with E-state index >= 15 is 0 Å². The van der Waals surface area contributed by atoms with Crippen LogP contribution >= 0.6 is 31.9 Å². The molecule has 0 aliphatic rings. The summed E-state index contributed by atoms with van der Waals surface area (Å²) < 4.78 is 3.10. The van der Waals surface area contributed by atoms with Crippen molar-refractivity contribution in [2.45, 2.75) is 19.5 Å². The number of hydrogen-bond acceptors (Lipinski definition) is 3. The second-order valence-corrected chi connectivity index (χ2v) is 7.51. The fraction of sp³-hybridized carbons (Fsp3) is 0.167. The van der Waals surface area contributed by atoms with E-state index in [1.807, 2.05) is 37.3 Å². The Labute approximate surface area is 161 Å². The Hall–Kier alpha value is -1.99. The van der Waals surface area contributed by atoms with Crippen LogP contribution < -0.4 is 10.9 Å². The van der Waals surface area contributed by atoms with Crippen molar-refractivity contribution in [2.75, 3.05) is 0 Å². The predicted molar refractivity (Wildman–Crippen MR) is 104 cm³/mol. The van der Waals surface area contributed by atoms with E-state index in [1.54, 1.807) is 12.1 Å². The number of fused-ring (bicyclic) bond motifs is 1. The summed E-state index contributed by atoms with van der Waals surface area (Å²) in [6, 6.07) is 12.9. The standard InChI is InChI=1S/C18H15Br2N3O2/c1-11(12-2-4-13(19)5-3-12)22-17(24)9-23-10-21-16-7-6-14(20)8-15(16)18(23)25/h2-8,10-11H,9H2,1H3,(H,22,24). The third kappa shape index (κ3) is 4.16. The number of benzene rings is 2. The Bertz CT molecular complexity index is 984. The normalized spacial score (nSPS) is 12.1. The lowest BCUT2D eigenvalue weighted by Gasteiger charge is -2.15. The lowest BCUT2D eigenvalue weighted by molar-refractivity contribution is -0.122. The van der Waals surface area contributed by atoms with E-state index in [0.717, 1.165) is 14.5 Å². The first-order valence-corrected chi connectivity index (χ1v) is 9.22. The van der Waals surface area contributed by atoms with Gasteiger partial charge in [0.1, 0.15) is 6.54 Å². The molecule has 3 rings (SSSR count). The van der Waals surface area contributed by atoms with Crippen molar-refractivity contribution in [3.05, 3.63) is 73.7 Å². The molecule has 3 aromatic rings. The van der Waals surface area contributed by atoms with Crippen LogP contribution in [0.2, 0.25) is 0 Å². The van der Waals surface area contributed by atoms with Crippen LogP contribution in [0.25, 0.3) is 10.9 Å². The molecule has 0 spiro atoms. The van der Waals surface area contributed by atoms with Crippen LogP contribution in [-0.4, -0.2) is 15.5 Å². The van der Waals surface area contributed by atoms with E-state index in [-0.39, 0.29) is 24.1 Å². The molecule has 1 atom stereocenters. The van der Waals surface area contributed by atoms with Crippen molar-refractivity contribution < 1.29 is 4.79 Å². The minimum absolute atomic E-state index is 0.0743. The molecule has 1 heterocycles. The van der Waals surface area contributed by atoms with Gasteiger partial charge >= 0.3 is 0 Å². The molecule has 1 N–H and O–H groups in total. The first-order valence-electron chi connectivity index (χ1n) is 7.63. The number of aromatic nitrogens is 2. The topological polar surface area (TPSA) is 64.0 Å². The molecule has 0 bridgehead atoms. The van der Waals surface area contributed by atoms with Crippen molar-refractivity contribution >= 4 is 48.7 Å². The Morgan fingerprint density at radius 1 is 1.16 bits per heavy atom. The van der Waals surface area contributed by atoms with E-state index in [1.165, 1.54) is 10.9 Å². The van der Waals surface area contributed by atoms with Gasteiger partial charge in [-0.25, -0.2) is 4.98 Å². The van der Waals surface area contributed by atoms with Crippen molar-refractivity contribution in [3.63, 3.8) is 0 Å². The van der Waals surface area contributed by atoms with Crippen LogP contribution in [0, 0.1) is 0 Å². The van der Waals surface area contributed by atoms with E-state index in [9.17, 15) is 9.59 Å². The van der Waals surface area contributed by atoms with Crippen LogP contribution in [-0.2, 0) is 11.3 Å². The third-order valence-electron chi connectivity index (χ3n) is 3.85.